The first-order valence-corrected chi connectivity index (χ1v) is 10.0. The summed E-state index contributed by atoms with van der Waals surface area (Å²) in [5.74, 6) is 0.554. The van der Waals surface area contributed by atoms with E-state index in [4.69, 9.17) is 0 Å². The van der Waals surface area contributed by atoms with Crippen LogP contribution in [-0.4, -0.2) is 50.0 Å². The molecule has 0 amide bonds. The van der Waals surface area contributed by atoms with E-state index in [-0.39, 0.29) is 0 Å². The fraction of sp³-hybridized carbons (Fsp3) is 0.524. The van der Waals surface area contributed by atoms with Crippen LogP contribution in [0.4, 0.5) is 4.39 Å². The van der Waals surface area contributed by atoms with Crippen LogP contribution in [0.2, 0.25) is 0 Å². The molecule has 0 aromatic carbocycles. The lowest BCUT2D eigenvalue weighted by Crippen LogP contribution is -2.36. The fourth-order valence-corrected chi connectivity index (χ4v) is 4.89. The van der Waals surface area contributed by atoms with Crippen molar-refractivity contribution in [2.75, 3.05) is 13.1 Å². The SMILES string of the molecule is Cn1cc(-c2c[nH]c3ncc(C4CCC(N5CC[C@H](F)C5)CC4)cc23)cn1. The molecule has 1 N–H and O–H groups in total. The molecule has 3 aromatic heterocycles. The summed E-state index contributed by atoms with van der Waals surface area (Å²) in [7, 11) is 1.94. The number of nitrogens with one attached hydrogen (secondary N) is 1. The summed E-state index contributed by atoms with van der Waals surface area (Å²) in [6.07, 6.45) is 12.7. The van der Waals surface area contributed by atoms with E-state index >= 15 is 0 Å². The average molecular weight is 367 g/mol. The number of pyridine rings is 1. The summed E-state index contributed by atoms with van der Waals surface area (Å²) < 4.78 is 15.3. The second-order valence-electron chi connectivity index (χ2n) is 8.16. The summed E-state index contributed by atoms with van der Waals surface area (Å²) >= 11 is 0. The van der Waals surface area contributed by atoms with Gasteiger partial charge in [-0.2, -0.15) is 5.10 Å². The molecule has 2 fully saturated rings. The molecule has 0 unspecified atom stereocenters. The number of nitrogens with zero attached hydrogens (tertiary/aromatic N) is 4. The molecule has 1 atom stereocenters. The largest absolute Gasteiger partial charge is 0.346 e. The van der Waals surface area contributed by atoms with Crippen molar-refractivity contribution in [3.05, 3.63) is 36.4 Å². The topological polar surface area (TPSA) is 49.7 Å². The molecule has 142 valence electrons. The van der Waals surface area contributed by atoms with Crippen LogP contribution in [-0.2, 0) is 7.05 Å². The van der Waals surface area contributed by atoms with Crippen molar-refractivity contribution in [3.63, 3.8) is 0 Å². The zero-order valence-electron chi connectivity index (χ0n) is 15.7. The smallest absolute Gasteiger partial charge is 0.137 e. The predicted molar refractivity (Wildman–Crippen MR) is 104 cm³/mol. The molecule has 1 saturated heterocycles. The first-order valence-electron chi connectivity index (χ1n) is 10.0. The van der Waals surface area contributed by atoms with Crippen LogP contribution in [0, 0.1) is 0 Å². The molecule has 0 radical (unpaired) electrons. The molecule has 1 aliphatic heterocycles. The van der Waals surface area contributed by atoms with Crippen molar-refractivity contribution >= 4 is 11.0 Å². The molecule has 1 saturated carbocycles. The highest BCUT2D eigenvalue weighted by Crippen LogP contribution is 2.37. The maximum Gasteiger partial charge on any atom is 0.137 e. The average Bonchev–Trinajstić information content (AvgIpc) is 3.41. The third-order valence-corrected chi connectivity index (χ3v) is 6.41. The van der Waals surface area contributed by atoms with E-state index in [1.165, 1.54) is 10.9 Å². The maximum absolute atomic E-state index is 13.5. The maximum atomic E-state index is 13.5. The van der Waals surface area contributed by atoms with Gasteiger partial charge in [-0.1, -0.05) is 0 Å². The summed E-state index contributed by atoms with van der Waals surface area (Å²) in [6, 6.07) is 2.87. The van der Waals surface area contributed by atoms with Gasteiger partial charge in [-0.05, 0) is 49.7 Å². The Bertz CT molecular complexity index is 937. The number of aromatic nitrogens is 4. The molecule has 2 aliphatic rings. The highest BCUT2D eigenvalue weighted by Gasteiger charge is 2.31. The van der Waals surface area contributed by atoms with Gasteiger partial charge in [-0.25, -0.2) is 9.37 Å². The highest BCUT2D eigenvalue weighted by atomic mass is 19.1. The van der Waals surface area contributed by atoms with Crippen LogP contribution in [0.25, 0.3) is 22.2 Å². The van der Waals surface area contributed by atoms with Crippen LogP contribution in [0.1, 0.15) is 43.6 Å². The van der Waals surface area contributed by atoms with Crippen molar-refractivity contribution in [1.82, 2.24) is 24.6 Å². The zero-order valence-corrected chi connectivity index (χ0v) is 15.7. The van der Waals surface area contributed by atoms with E-state index in [0.29, 0.717) is 24.9 Å². The number of likely N-dealkylation sites (tertiary alicyclic amines) is 1. The van der Waals surface area contributed by atoms with Gasteiger partial charge in [0, 0.05) is 61.3 Å². The van der Waals surface area contributed by atoms with E-state index in [0.717, 1.165) is 49.0 Å². The number of H-pyrrole nitrogens is 1. The molecule has 5 nitrogen and oxygen atoms in total. The number of rotatable bonds is 3. The van der Waals surface area contributed by atoms with Crippen LogP contribution < -0.4 is 0 Å². The zero-order chi connectivity index (χ0) is 18.4. The second kappa shape index (κ2) is 6.75. The molecule has 6 heteroatoms. The van der Waals surface area contributed by atoms with Crippen molar-refractivity contribution in [3.8, 4) is 11.1 Å². The second-order valence-corrected chi connectivity index (χ2v) is 8.16. The molecule has 5 rings (SSSR count). The lowest BCUT2D eigenvalue weighted by atomic mass is 9.81. The van der Waals surface area contributed by atoms with E-state index in [1.54, 1.807) is 0 Å². The number of aryl methyl sites for hydroxylation is 1. The van der Waals surface area contributed by atoms with Crippen LogP contribution in [0.15, 0.2) is 30.9 Å². The van der Waals surface area contributed by atoms with Gasteiger partial charge in [0.15, 0.2) is 0 Å². The summed E-state index contributed by atoms with van der Waals surface area (Å²) in [6.45, 7) is 1.57. The number of hydrogen-bond acceptors (Lipinski definition) is 3. The van der Waals surface area contributed by atoms with Crippen LogP contribution >= 0.6 is 0 Å². The first kappa shape index (κ1) is 16.9. The summed E-state index contributed by atoms with van der Waals surface area (Å²) in [4.78, 5) is 10.3. The number of hydrogen-bond donors (Lipinski definition) is 1. The fourth-order valence-electron chi connectivity index (χ4n) is 4.89. The number of aromatic amines is 1. The predicted octanol–water partition coefficient (Wildman–Crippen LogP) is 4.03. The number of alkyl halides is 1. The number of fused-ring (bicyclic) bond motifs is 1. The van der Waals surface area contributed by atoms with Gasteiger partial charge in [0.05, 0.1) is 6.20 Å². The first-order chi connectivity index (χ1) is 13.2. The Morgan fingerprint density at radius 3 is 2.70 bits per heavy atom. The van der Waals surface area contributed by atoms with Gasteiger partial charge in [0.1, 0.15) is 11.8 Å². The Balaban J connectivity index is 1.35. The lowest BCUT2D eigenvalue weighted by Gasteiger charge is -2.34. The van der Waals surface area contributed by atoms with Crippen LogP contribution in [0.3, 0.4) is 0 Å². The Morgan fingerprint density at radius 1 is 1.15 bits per heavy atom. The molecule has 0 bridgehead atoms. The lowest BCUT2D eigenvalue weighted by molar-refractivity contribution is 0.170. The molecule has 1 aliphatic carbocycles. The monoisotopic (exact) mass is 367 g/mol. The minimum atomic E-state index is -0.617. The van der Waals surface area contributed by atoms with Crippen molar-refractivity contribution in [2.45, 2.75) is 50.2 Å². The normalized spacial score (nSPS) is 26.8. The summed E-state index contributed by atoms with van der Waals surface area (Å²) in [5.41, 5.74) is 4.53. The molecule has 0 spiro atoms. The van der Waals surface area contributed by atoms with E-state index in [1.807, 2.05) is 36.5 Å². The molecule has 3 aromatic rings. The third kappa shape index (κ3) is 3.16. The molecular weight excluding hydrogens is 341 g/mol. The Labute approximate surface area is 158 Å². The Hall–Kier alpha value is -2.21. The minimum absolute atomic E-state index is 0.554. The van der Waals surface area contributed by atoms with E-state index < -0.39 is 6.17 Å². The van der Waals surface area contributed by atoms with E-state index in [9.17, 15) is 4.39 Å². The Morgan fingerprint density at radius 2 is 2.00 bits per heavy atom. The van der Waals surface area contributed by atoms with Gasteiger partial charge in [0.25, 0.3) is 0 Å². The van der Waals surface area contributed by atoms with Crippen molar-refractivity contribution in [1.29, 1.82) is 0 Å². The standard InChI is InChI=1S/C21H26FN5/c1-26-12-16(10-25-26)20-11-24-21-19(20)8-15(9-23-21)14-2-4-18(5-3-14)27-7-6-17(22)13-27/h8-12,14,17-18H,2-7,13H2,1H3,(H,23,24)/t14?,17-,18?/m0/s1. The molecule has 27 heavy (non-hydrogen) atoms. The quantitative estimate of drug-likeness (QED) is 0.760. The highest BCUT2D eigenvalue weighted by molar-refractivity contribution is 5.93. The number of halogens is 1. The van der Waals surface area contributed by atoms with Gasteiger partial charge < -0.3 is 4.98 Å². The van der Waals surface area contributed by atoms with Crippen molar-refractivity contribution in [2.24, 2.45) is 7.05 Å². The van der Waals surface area contributed by atoms with Crippen molar-refractivity contribution < 1.29 is 4.39 Å². The van der Waals surface area contributed by atoms with Gasteiger partial charge >= 0.3 is 0 Å². The van der Waals surface area contributed by atoms with Gasteiger partial charge in [0.2, 0.25) is 0 Å². The Kier molecular flexibility index (Phi) is 4.23. The molecule has 4 heterocycles. The minimum Gasteiger partial charge on any atom is -0.346 e. The van der Waals surface area contributed by atoms with Gasteiger partial charge in [-0.3, -0.25) is 9.58 Å². The summed E-state index contributed by atoms with van der Waals surface area (Å²) in [5, 5.41) is 5.46. The molecular formula is C21H26FN5. The van der Waals surface area contributed by atoms with E-state index in [2.05, 4.69) is 26.0 Å². The van der Waals surface area contributed by atoms with Gasteiger partial charge in [-0.15, -0.1) is 0 Å². The van der Waals surface area contributed by atoms with Crippen LogP contribution in [0.5, 0.6) is 0 Å². The third-order valence-electron chi connectivity index (χ3n) is 6.41.